The number of aliphatic hydroxyl groups is 2. The molecule has 0 spiro atoms. The summed E-state index contributed by atoms with van der Waals surface area (Å²) in [6.07, 6.45) is -4.14. The number of rotatable bonds is 7. The second-order valence-electron chi connectivity index (χ2n) is 7.69. The first-order chi connectivity index (χ1) is 15.8. The SMILES string of the molecule is O=C(NCC(O)C(O)c1ccccc1S(=O)(=O)F)OCC1c2ccccc2-c2ccccc21. The molecule has 33 heavy (non-hydrogen) atoms. The molecule has 0 saturated heterocycles. The number of carbonyl (C=O) groups excluding carboxylic acids is 1. The quantitative estimate of drug-likeness (QED) is 0.456. The zero-order valence-electron chi connectivity index (χ0n) is 17.4. The van der Waals surface area contributed by atoms with Crippen LogP contribution in [0.4, 0.5) is 8.68 Å². The van der Waals surface area contributed by atoms with Gasteiger partial charge in [0.25, 0.3) is 0 Å². The molecule has 0 heterocycles. The summed E-state index contributed by atoms with van der Waals surface area (Å²) in [7, 11) is -5.09. The van der Waals surface area contributed by atoms with Crippen LogP contribution in [0.2, 0.25) is 0 Å². The molecule has 1 aliphatic carbocycles. The standard InChI is InChI=1S/C24H22FNO6S/c25-33(30,31)22-12-6-5-11-19(22)23(28)21(27)13-26-24(29)32-14-20-17-9-3-1-7-15(17)16-8-2-4-10-18(16)20/h1-12,20-21,23,27-28H,13-14H2,(H,26,29). The Hall–Kier alpha value is -3.27. The molecule has 3 aromatic rings. The number of fused-ring (bicyclic) bond motifs is 3. The van der Waals surface area contributed by atoms with Gasteiger partial charge in [0.05, 0.1) is 0 Å². The van der Waals surface area contributed by atoms with E-state index in [0.717, 1.165) is 28.3 Å². The molecule has 1 amide bonds. The van der Waals surface area contributed by atoms with Crippen LogP contribution in [-0.2, 0) is 15.0 Å². The summed E-state index contributed by atoms with van der Waals surface area (Å²) in [4.78, 5) is 11.5. The Morgan fingerprint density at radius 2 is 1.48 bits per heavy atom. The van der Waals surface area contributed by atoms with Crippen LogP contribution in [0.3, 0.4) is 0 Å². The second kappa shape index (κ2) is 9.30. The third-order valence-corrected chi connectivity index (χ3v) is 6.56. The molecule has 0 saturated carbocycles. The molecular weight excluding hydrogens is 449 g/mol. The van der Waals surface area contributed by atoms with E-state index in [2.05, 4.69) is 5.32 Å². The van der Waals surface area contributed by atoms with Crippen LogP contribution < -0.4 is 5.32 Å². The van der Waals surface area contributed by atoms with Crippen molar-refractivity contribution >= 4 is 16.3 Å². The number of aliphatic hydroxyl groups excluding tert-OH is 2. The van der Waals surface area contributed by atoms with Crippen LogP contribution in [0.25, 0.3) is 11.1 Å². The molecule has 3 N–H and O–H groups in total. The summed E-state index contributed by atoms with van der Waals surface area (Å²) in [5.41, 5.74) is 3.96. The second-order valence-corrected chi connectivity index (χ2v) is 9.01. The van der Waals surface area contributed by atoms with E-state index >= 15 is 0 Å². The Balaban J connectivity index is 1.37. The van der Waals surface area contributed by atoms with Crippen molar-refractivity contribution in [2.75, 3.05) is 13.2 Å². The van der Waals surface area contributed by atoms with Gasteiger partial charge in [-0.25, -0.2) is 4.79 Å². The maximum absolute atomic E-state index is 13.5. The number of alkyl carbamates (subject to hydrolysis) is 1. The number of carbonyl (C=O) groups is 1. The summed E-state index contributed by atoms with van der Waals surface area (Å²) in [6, 6.07) is 20.6. The molecule has 1 aliphatic rings. The fraction of sp³-hybridized carbons (Fsp3) is 0.208. The van der Waals surface area contributed by atoms with Gasteiger partial charge in [-0.1, -0.05) is 66.7 Å². The molecule has 2 atom stereocenters. The fourth-order valence-electron chi connectivity index (χ4n) is 4.10. The van der Waals surface area contributed by atoms with Crippen molar-refractivity contribution in [1.29, 1.82) is 0 Å². The lowest BCUT2D eigenvalue weighted by Crippen LogP contribution is -2.36. The maximum atomic E-state index is 13.5. The summed E-state index contributed by atoms with van der Waals surface area (Å²) in [5.74, 6) is -0.139. The molecule has 3 aromatic carbocycles. The molecule has 0 radical (unpaired) electrons. The molecule has 7 nitrogen and oxygen atoms in total. The normalized spacial score (nSPS) is 14.8. The van der Waals surface area contributed by atoms with Crippen molar-refractivity contribution in [3.8, 4) is 11.1 Å². The van der Waals surface area contributed by atoms with Gasteiger partial charge in [0.1, 0.15) is 23.7 Å². The molecule has 4 rings (SSSR count). The van der Waals surface area contributed by atoms with Crippen LogP contribution in [0.15, 0.2) is 77.7 Å². The van der Waals surface area contributed by atoms with Gasteiger partial charge in [-0.15, -0.1) is 3.89 Å². The topological polar surface area (TPSA) is 113 Å². The minimum Gasteiger partial charge on any atom is -0.449 e. The van der Waals surface area contributed by atoms with E-state index < -0.39 is 40.0 Å². The lowest BCUT2D eigenvalue weighted by Gasteiger charge is -2.20. The van der Waals surface area contributed by atoms with Gasteiger partial charge in [0, 0.05) is 18.0 Å². The van der Waals surface area contributed by atoms with E-state index in [1.807, 2.05) is 48.5 Å². The Labute approximate surface area is 190 Å². The van der Waals surface area contributed by atoms with E-state index in [0.29, 0.717) is 0 Å². The van der Waals surface area contributed by atoms with Crippen LogP contribution in [0.5, 0.6) is 0 Å². The highest BCUT2D eigenvalue weighted by Gasteiger charge is 2.30. The van der Waals surface area contributed by atoms with Crippen molar-refractivity contribution in [1.82, 2.24) is 5.32 Å². The van der Waals surface area contributed by atoms with Crippen molar-refractivity contribution in [2.24, 2.45) is 0 Å². The van der Waals surface area contributed by atoms with E-state index in [-0.39, 0.29) is 18.1 Å². The monoisotopic (exact) mass is 471 g/mol. The first-order valence-electron chi connectivity index (χ1n) is 10.3. The van der Waals surface area contributed by atoms with Gasteiger partial charge in [0.2, 0.25) is 0 Å². The molecule has 0 aromatic heterocycles. The Morgan fingerprint density at radius 1 is 0.939 bits per heavy atom. The predicted octanol–water partition coefficient (Wildman–Crippen LogP) is 3.28. The van der Waals surface area contributed by atoms with E-state index in [1.54, 1.807) is 0 Å². The first-order valence-corrected chi connectivity index (χ1v) is 11.6. The summed E-state index contributed by atoms with van der Waals surface area (Å²) < 4.78 is 41.4. The highest BCUT2D eigenvalue weighted by Crippen LogP contribution is 2.44. The number of nitrogens with one attached hydrogen (secondary N) is 1. The van der Waals surface area contributed by atoms with Crippen LogP contribution >= 0.6 is 0 Å². The third-order valence-electron chi connectivity index (χ3n) is 5.66. The highest BCUT2D eigenvalue weighted by atomic mass is 32.3. The average Bonchev–Trinajstić information content (AvgIpc) is 3.14. The number of halogens is 1. The Morgan fingerprint density at radius 3 is 2.09 bits per heavy atom. The van der Waals surface area contributed by atoms with Crippen molar-refractivity contribution < 1.29 is 32.0 Å². The van der Waals surface area contributed by atoms with Gasteiger partial charge >= 0.3 is 16.3 Å². The zero-order valence-corrected chi connectivity index (χ0v) is 18.2. The van der Waals surface area contributed by atoms with Crippen LogP contribution in [-0.4, -0.2) is 44.0 Å². The van der Waals surface area contributed by atoms with Crippen LogP contribution in [0, 0.1) is 0 Å². The lowest BCUT2D eigenvalue weighted by atomic mass is 9.98. The van der Waals surface area contributed by atoms with Crippen molar-refractivity contribution in [2.45, 2.75) is 23.0 Å². The number of benzene rings is 3. The van der Waals surface area contributed by atoms with Gasteiger partial charge < -0.3 is 20.3 Å². The molecule has 0 bridgehead atoms. The number of ether oxygens (including phenoxy) is 1. The third kappa shape index (κ3) is 4.75. The molecule has 0 fully saturated rings. The molecular formula is C24H22FNO6S. The zero-order chi connectivity index (χ0) is 23.6. The van der Waals surface area contributed by atoms with Crippen molar-refractivity contribution in [3.05, 3.63) is 89.5 Å². The minimum absolute atomic E-state index is 0.0709. The van der Waals surface area contributed by atoms with E-state index in [9.17, 15) is 27.3 Å². The first kappa shape index (κ1) is 22.9. The smallest absolute Gasteiger partial charge is 0.407 e. The summed E-state index contributed by atoms with van der Waals surface area (Å²) in [6.45, 7) is -0.361. The Bertz CT molecular complexity index is 1230. The fourth-order valence-corrected chi connectivity index (χ4v) is 4.81. The summed E-state index contributed by atoms with van der Waals surface area (Å²) >= 11 is 0. The number of hydrogen-bond acceptors (Lipinski definition) is 6. The maximum Gasteiger partial charge on any atom is 0.407 e. The van der Waals surface area contributed by atoms with Gasteiger partial charge in [-0.2, -0.15) is 8.42 Å². The number of amides is 1. The highest BCUT2D eigenvalue weighted by molar-refractivity contribution is 7.86. The summed E-state index contributed by atoms with van der Waals surface area (Å²) in [5, 5.41) is 22.9. The Kier molecular flexibility index (Phi) is 6.46. The molecule has 0 aliphatic heterocycles. The molecule has 172 valence electrons. The molecule has 2 unspecified atom stereocenters. The van der Waals surface area contributed by atoms with Gasteiger partial charge in [0.15, 0.2) is 0 Å². The minimum atomic E-state index is -5.09. The average molecular weight is 472 g/mol. The molecule has 9 heteroatoms. The lowest BCUT2D eigenvalue weighted by molar-refractivity contribution is 0.0169. The van der Waals surface area contributed by atoms with Gasteiger partial charge in [-0.05, 0) is 28.3 Å². The number of hydrogen-bond donors (Lipinski definition) is 3. The van der Waals surface area contributed by atoms with Crippen LogP contribution in [0.1, 0.15) is 28.7 Å². The largest absolute Gasteiger partial charge is 0.449 e. The predicted molar refractivity (Wildman–Crippen MR) is 119 cm³/mol. The van der Waals surface area contributed by atoms with Gasteiger partial charge in [-0.3, -0.25) is 0 Å². The van der Waals surface area contributed by atoms with E-state index in [1.165, 1.54) is 18.2 Å². The van der Waals surface area contributed by atoms with Crippen molar-refractivity contribution in [3.63, 3.8) is 0 Å². The van der Waals surface area contributed by atoms with E-state index in [4.69, 9.17) is 4.74 Å².